The first-order valence-corrected chi connectivity index (χ1v) is 11.8. The third-order valence-corrected chi connectivity index (χ3v) is 6.50. The molecule has 0 saturated carbocycles. The molecule has 1 aromatic heterocycles. The lowest BCUT2D eigenvalue weighted by Gasteiger charge is -2.36. The van der Waals surface area contributed by atoms with Gasteiger partial charge in [-0.1, -0.05) is 11.6 Å². The number of piperazine rings is 1. The van der Waals surface area contributed by atoms with Crippen molar-refractivity contribution < 1.29 is 17.9 Å². The zero-order chi connectivity index (χ0) is 22.6. The van der Waals surface area contributed by atoms with Gasteiger partial charge in [0.25, 0.3) is 0 Å². The molecule has 166 valence electrons. The second kappa shape index (κ2) is 9.52. The quantitative estimate of drug-likeness (QED) is 0.600. The van der Waals surface area contributed by atoms with E-state index in [0.29, 0.717) is 37.0 Å². The minimum atomic E-state index is -3.52. The van der Waals surface area contributed by atoms with E-state index in [2.05, 4.69) is 15.2 Å². The van der Waals surface area contributed by atoms with Crippen LogP contribution in [0, 0.1) is 5.41 Å². The maximum atomic E-state index is 12.6. The average Bonchev–Trinajstić information content (AvgIpc) is 2.77. The summed E-state index contributed by atoms with van der Waals surface area (Å²) in [6, 6.07) is 6.92. The number of rotatable bonds is 7. The number of benzene rings is 1. The summed E-state index contributed by atoms with van der Waals surface area (Å²) < 4.78 is 29.1. The third kappa shape index (κ3) is 5.26. The fourth-order valence-electron chi connectivity index (χ4n) is 3.39. The first kappa shape index (κ1) is 22.8. The van der Waals surface area contributed by atoms with Gasteiger partial charge in [0.1, 0.15) is 11.6 Å². The Labute approximate surface area is 186 Å². The molecule has 1 amide bonds. The number of pyridine rings is 1. The Hall–Kier alpha value is -2.85. The molecule has 0 unspecified atom stereocenters. The molecule has 0 bridgehead atoms. The summed E-state index contributed by atoms with van der Waals surface area (Å²) in [5, 5.41) is 11.0. The van der Waals surface area contributed by atoms with Crippen molar-refractivity contribution >= 4 is 45.1 Å². The van der Waals surface area contributed by atoms with Crippen molar-refractivity contribution in [1.82, 2.24) is 9.88 Å². The largest absolute Gasteiger partial charge is 0.495 e. The summed E-state index contributed by atoms with van der Waals surface area (Å²) in [7, 11) is -1.95. The van der Waals surface area contributed by atoms with E-state index in [9.17, 15) is 13.2 Å². The number of amides is 1. The van der Waals surface area contributed by atoms with Gasteiger partial charge >= 0.3 is 0 Å². The second-order valence-electron chi connectivity index (χ2n) is 7.03. The standard InChI is InChI=1S/C20H24ClN5O4S/c1-30-17-11-14(3-4-16(17)21)25-7-9-26(10-8-25)19(27)13-24-20-15(12-22)18(5-6-23-20)31(2,28)29/h3-6,11-12,22H,7-10,13H2,1-2H3,(H,23,24). The Balaban J connectivity index is 1.61. The molecule has 2 N–H and O–H groups in total. The smallest absolute Gasteiger partial charge is 0.242 e. The topological polar surface area (TPSA) is 116 Å². The SMILES string of the molecule is COc1cc(N2CCN(C(=O)CNc3nccc(S(C)(=O)=O)c3C=N)CC2)ccc1Cl. The predicted molar refractivity (Wildman–Crippen MR) is 121 cm³/mol. The molecule has 1 aromatic carbocycles. The Kier molecular flexibility index (Phi) is 7.01. The number of halogens is 1. The zero-order valence-electron chi connectivity index (χ0n) is 17.3. The molecule has 1 aliphatic heterocycles. The number of ether oxygens (including phenoxy) is 1. The molecular weight excluding hydrogens is 442 g/mol. The summed E-state index contributed by atoms with van der Waals surface area (Å²) in [6.45, 7) is 2.35. The summed E-state index contributed by atoms with van der Waals surface area (Å²) in [5.41, 5.74) is 1.11. The molecule has 2 heterocycles. The highest BCUT2D eigenvalue weighted by Gasteiger charge is 2.23. The van der Waals surface area contributed by atoms with Crippen LogP contribution in [-0.4, -0.2) is 76.5 Å². The van der Waals surface area contributed by atoms with Gasteiger partial charge < -0.3 is 25.3 Å². The number of nitrogens with zero attached hydrogens (tertiary/aromatic N) is 3. The third-order valence-electron chi connectivity index (χ3n) is 5.03. The van der Waals surface area contributed by atoms with Crippen LogP contribution in [0.5, 0.6) is 5.75 Å². The minimum Gasteiger partial charge on any atom is -0.495 e. The molecule has 0 atom stereocenters. The van der Waals surface area contributed by atoms with Crippen LogP contribution in [0.2, 0.25) is 5.02 Å². The average molecular weight is 466 g/mol. The van der Waals surface area contributed by atoms with Crippen LogP contribution in [-0.2, 0) is 14.6 Å². The Morgan fingerprint density at radius 3 is 2.61 bits per heavy atom. The van der Waals surface area contributed by atoms with E-state index in [-0.39, 0.29) is 28.7 Å². The molecule has 9 nitrogen and oxygen atoms in total. The van der Waals surface area contributed by atoms with Crippen molar-refractivity contribution in [3.05, 3.63) is 41.0 Å². The van der Waals surface area contributed by atoms with Gasteiger partial charge in [-0.15, -0.1) is 0 Å². The maximum Gasteiger partial charge on any atom is 0.242 e. The first-order chi connectivity index (χ1) is 14.7. The van der Waals surface area contributed by atoms with Gasteiger partial charge in [0.15, 0.2) is 9.84 Å². The zero-order valence-corrected chi connectivity index (χ0v) is 18.8. The maximum absolute atomic E-state index is 12.6. The van der Waals surface area contributed by atoms with Gasteiger partial charge in [0.05, 0.1) is 29.1 Å². The van der Waals surface area contributed by atoms with E-state index in [0.717, 1.165) is 18.2 Å². The number of carbonyl (C=O) groups is 1. The Morgan fingerprint density at radius 1 is 1.29 bits per heavy atom. The van der Waals surface area contributed by atoms with Crippen molar-refractivity contribution in [1.29, 1.82) is 5.41 Å². The molecule has 1 aliphatic rings. The Morgan fingerprint density at radius 2 is 2.00 bits per heavy atom. The number of hydrogen-bond acceptors (Lipinski definition) is 8. The monoisotopic (exact) mass is 465 g/mol. The van der Waals surface area contributed by atoms with Crippen molar-refractivity contribution in [2.45, 2.75) is 4.90 Å². The van der Waals surface area contributed by atoms with Crippen molar-refractivity contribution in [2.24, 2.45) is 0 Å². The molecule has 1 fully saturated rings. The highest BCUT2D eigenvalue weighted by atomic mass is 35.5. The molecule has 0 radical (unpaired) electrons. The summed E-state index contributed by atoms with van der Waals surface area (Å²) in [5.74, 6) is 0.668. The fraction of sp³-hybridized carbons (Fsp3) is 0.350. The van der Waals surface area contributed by atoms with Crippen LogP contribution >= 0.6 is 11.6 Å². The van der Waals surface area contributed by atoms with Crippen molar-refractivity contribution in [3.63, 3.8) is 0 Å². The van der Waals surface area contributed by atoms with Gasteiger partial charge in [-0.2, -0.15) is 0 Å². The summed E-state index contributed by atoms with van der Waals surface area (Å²) in [6.07, 6.45) is 3.34. The number of aromatic nitrogens is 1. The van der Waals surface area contributed by atoms with Gasteiger partial charge in [0, 0.05) is 56.6 Å². The number of nitrogens with one attached hydrogen (secondary N) is 2. The minimum absolute atomic E-state index is 0.000504. The lowest BCUT2D eigenvalue weighted by Crippen LogP contribution is -2.50. The molecule has 1 saturated heterocycles. The number of anilines is 2. The van der Waals surface area contributed by atoms with E-state index in [4.69, 9.17) is 21.7 Å². The van der Waals surface area contributed by atoms with E-state index in [1.807, 2.05) is 12.1 Å². The molecule has 11 heteroatoms. The number of methoxy groups -OCH3 is 1. The van der Waals surface area contributed by atoms with Crippen LogP contribution < -0.4 is 15.0 Å². The van der Waals surface area contributed by atoms with Crippen molar-refractivity contribution in [3.8, 4) is 5.75 Å². The number of carbonyl (C=O) groups excluding carboxylic acids is 1. The van der Waals surface area contributed by atoms with Crippen LogP contribution in [0.4, 0.5) is 11.5 Å². The van der Waals surface area contributed by atoms with E-state index in [1.54, 1.807) is 18.1 Å². The first-order valence-electron chi connectivity index (χ1n) is 9.54. The van der Waals surface area contributed by atoms with Gasteiger partial charge in [-0.05, 0) is 18.2 Å². The number of hydrogen-bond donors (Lipinski definition) is 2. The predicted octanol–water partition coefficient (Wildman–Crippen LogP) is 1.91. The molecule has 0 spiro atoms. The van der Waals surface area contributed by atoms with Crippen LogP contribution in [0.1, 0.15) is 5.56 Å². The van der Waals surface area contributed by atoms with Gasteiger partial charge in [-0.25, -0.2) is 13.4 Å². The van der Waals surface area contributed by atoms with Crippen LogP contribution in [0.3, 0.4) is 0 Å². The lowest BCUT2D eigenvalue weighted by atomic mass is 10.2. The summed E-state index contributed by atoms with van der Waals surface area (Å²) >= 11 is 6.09. The van der Waals surface area contributed by atoms with Gasteiger partial charge in [-0.3, -0.25) is 4.79 Å². The van der Waals surface area contributed by atoms with Crippen molar-refractivity contribution in [2.75, 3.05) is 56.3 Å². The van der Waals surface area contributed by atoms with Crippen LogP contribution in [0.25, 0.3) is 0 Å². The lowest BCUT2D eigenvalue weighted by molar-refractivity contribution is -0.129. The molecular formula is C20H24ClN5O4S. The van der Waals surface area contributed by atoms with E-state index in [1.165, 1.54) is 12.3 Å². The molecule has 3 rings (SSSR count). The van der Waals surface area contributed by atoms with E-state index < -0.39 is 9.84 Å². The molecule has 2 aromatic rings. The molecule has 0 aliphatic carbocycles. The highest BCUT2D eigenvalue weighted by molar-refractivity contribution is 7.90. The normalized spacial score (nSPS) is 14.3. The summed E-state index contributed by atoms with van der Waals surface area (Å²) in [4.78, 5) is 20.6. The second-order valence-corrected chi connectivity index (χ2v) is 9.42. The van der Waals surface area contributed by atoms with Crippen LogP contribution in [0.15, 0.2) is 35.4 Å². The molecule has 31 heavy (non-hydrogen) atoms. The fourth-order valence-corrected chi connectivity index (χ4v) is 4.45. The highest BCUT2D eigenvalue weighted by Crippen LogP contribution is 2.29. The Bertz CT molecular complexity index is 1080. The number of sulfone groups is 1. The van der Waals surface area contributed by atoms with Gasteiger partial charge in [0.2, 0.25) is 5.91 Å². The van der Waals surface area contributed by atoms with E-state index >= 15 is 0 Å².